The van der Waals surface area contributed by atoms with Gasteiger partial charge in [-0.2, -0.15) is 0 Å². The zero-order chi connectivity index (χ0) is 31.7. The summed E-state index contributed by atoms with van der Waals surface area (Å²) >= 11 is 0. The Balaban J connectivity index is 1.74. The van der Waals surface area contributed by atoms with Crippen LogP contribution in [0.15, 0.2) is 18.2 Å². The van der Waals surface area contributed by atoms with Crippen molar-refractivity contribution in [3.8, 4) is 0 Å². The summed E-state index contributed by atoms with van der Waals surface area (Å²) < 4.78 is 31.3. The third kappa shape index (κ3) is 9.31. The molecule has 2 saturated heterocycles. The average molecular weight is 592 g/mol. The van der Waals surface area contributed by atoms with Gasteiger partial charge in [-0.3, -0.25) is 14.5 Å². The highest BCUT2D eigenvalue weighted by molar-refractivity contribution is 6.02. The number of benzene rings is 1. The van der Waals surface area contributed by atoms with Gasteiger partial charge < -0.3 is 24.4 Å². The van der Waals surface area contributed by atoms with Crippen molar-refractivity contribution in [2.45, 2.75) is 123 Å². The number of ether oxygens (including phenoxy) is 3. The summed E-state index contributed by atoms with van der Waals surface area (Å²) in [4.78, 5) is 43.4. The maximum Gasteiger partial charge on any atom is 0.410 e. The predicted molar refractivity (Wildman–Crippen MR) is 160 cm³/mol. The molecule has 0 bridgehead atoms. The molecular formula is C32H50FN3O6. The van der Waals surface area contributed by atoms with Crippen LogP contribution in [0.25, 0.3) is 0 Å². The number of nitrogens with one attached hydrogen (secondary N) is 1. The SMILES string of the molecule is CC(C)(C)OC(=O)C(C(=O)OC(C)(C)C)c1ccc(F)cc1NC1CCN(C2(C)CCN(C(=O)OC(C)(C)C)C2)CC1. The van der Waals surface area contributed by atoms with Gasteiger partial charge in [0.15, 0.2) is 5.92 Å². The van der Waals surface area contributed by atoms with Gasteiger partial charge in [0, 0.05) is 49.0 Å². The van der Waals surface area contributed by atoms with Crippen molar-refractivity contribution in [2.24, 2.45) is 0 Å². The van der Waals surface area contributed by atoms with E-state index in [1.54, 1.807) is 46.4 Å². The molecule has 0 radical (unpaired) electrons. The van der Waals surface area contributed by atoms with Crippen LogP contribution in [0.5, 0.6) is 0 Å². The Morgan fingerprint density at radius 1 is 0.881 bits per heavy atom. The highest BCUT2D eigenvalue weighted by Crippen LogP contribution is 2.35. The molecule has 2 heterocycles. The van der Waals surface area contributed by atoms with Crippen molar-refractivity contribution >= 4 is 23.7 Å². The molecule has 1 amide bonds. The second-order valence-corrected chi connectivity index (χ2v) is 14.8. The fourth-order valence-electron chi connectivity index (χ4n) is 5.45. The molecule has 2 aliphatic rings. The van der Waals surface area contributed by atoms with Gasteiger partial charge >= 0.3 is 18.0 Å². The number of carbonyl (C=O) groups is 3. The van der Waals surface area contributed by atoms with Gasteiger partial charge in [0.05, 0.1) is 0 Å². The number of hydrogen-bond donors (Lipinski definition) is 1. The molecular weight excluding hydrogens is 541 g/mol. The molecule has 3 rings (SSSR count). The first-order valence-electron chi connectivity index (χ1n) is 14.9. The van der Waals surface area contributed by atoms with Crippen molar-refractivity contribution in [1.29, 1.82) is 0 Å². The molecule has 10 heteroatoms. The molecule has 9 nitrogen and oxygen atoms in total. The number of esters is 2. The van der Waals surface area contributed by atoms with Crippen molar-refractivity contribution in [3.05, 3.63) is 29.6 Å². The lowest BCUT2D eigenvalue weighted by Crippen LogP contribution is -2.53. The fourth-order valence-corrected chi connectivity index (χ4v) is 5.45. The number of piperidine rings is 1. The molecule has 1 N–H and O–H groups in total. The minimum absolute atomic E-state index is 0.00770. The minimum atomic E-state index is -1.37. The van der Waals surface area contributed by atoms with Crippen molar-refractivity contribution in [1.82, 2.24) is 9.80 Å². The highest BCUT2D eigenvalue weighted by Gasteiger charge is 2.43. The first-order valence-corrected chi connectivity index (χ1v) is 14.9. The second kappa shape index (κ2) is 12.4. The van der Waals surface area contributed by atoms with Crippen molar-refractivity contribution in [2.75, 3.05) is 31.5 Å². The number of likely N-dealkylation sites (tertiary alicyclic amines) is 2. The van der Waals surface area contributed by atoms with Crippen LogP contribution < -0.4 is 5.32 Å². The van der Waals surface area contributed by atoms with Gasteiger partial charge in [-0.05, 0) is 101 Å². The van der Waals surface area contributed by atoms with Gasteiger partial charge in [0.25, 0.3) is 0 Å². The van der Waals surface area contributed by atoms with E-state index < -0.39 is 40.5 Å². The Labute approximate surface area is 250 Å². The summed E-state index contributed by atoms with van der Waals surface area (Å²) in [6.07, 6.45) is 2.10. The summed E-state index contributed by atoms with van der Waals surface area (Å²) in [6, 6.07) is 4.00. The van der Waals surface area contributed by atoms with Crippen LogP contribution in [0.2, 0.25) is 0 Å². The number of carbonyl (C=O) groups excluding carboxylic acids is 3. The molecule has 42 heavy (non-hydrogen) atoms. The van der Waals surface area contributed by atoms with E-state index in [2.05, 4.69) is 17.1 Å². The van der Waals surface area contributed by atoms with Crippen LogP contribution >= 0.6 is 0 Å². The molecule has 2 fully saturated rings. The van der Waals surface area contributed by atoms with E-state index in [0.717, 1.165) is 32.4 Å². The Morgan fingerprint density at radius 2 is 1.40 bits per heavy atom. The van der Waals surface area contributed by atoms with Crippen LogP contribution in [0.1, 0.15) is 100.0 Å². The molecule has 2 aliphatic heterocycles. The van der Waals surface area contributed by atoms with E-state index in [0.29, 0.717) is 24.3 Å². The van der Waals surface area contributed by atoms with E-state index in [1.165, 1.54) is 18.2 Å². The third-order valence-electron chi connectivity index (χ3n) is 7.33. The fraction of sp³-hybridized carbons (Fsp3) is 0.719. The molecule has 0 spiro atoms. The van der Waals surface area contributed by atoms with Crippen LogP contribution in [-0.4, -0.2) is 82.4 Å². The lowest BCUT2D eigenvalue weighted by molar-refractivity contribution is -0.169. The number of hydrogen-bond acceptors (Lipinski definition) is 8. The standard InChI is InChI=1S/C32H50FN3O6/c1-29(2,3)40-26(37)25(27(38)41-30(4,5)6)23-12-11-21(33)19-24(23)34-22-13-16-36(17-14-22)32(10)15-18-35(20-32)28(39)42-31(7,8)9/h11-12,19,22,25,34H,13-18,20H2,1-10H3. The summed E-state index contributed by atoms with van der Waals surface area (Å²) in [5.41, 5.74) is -1.66. The van der Waals surface area contributed by atoms with E-state index in [1.807, 2.05) is 20.8 Å². The van der Waals surface area contributed by atoms with Gasteiger partial charge in [0.2, 0.25) is 0 Å². The lowest BCUT2D eigenvalue weighted by Gasteiger charge is -2.43. The van der Waals surface area contributed by atoms with Crippen LogP contribution in [-0.2, 0) is 23.8 Å². The molecule has 0 aromatic heterocycles. The number of rotatable bonds is 6. The third-order valence-corrected chi connectivity index (χ3v) is 7.33. The smallest absolute Gasteiger partial charge is 0.410 e. The summed E-state index contributed by atoms with van der Waals surface area (Å²) in [6.45, 7) is 21.0. The van der Waals surface area contributed by atoms with Gasteiger partial charge in [0.1, 0.15) is 22.6 Å². The Hall–Kier alpha value is -2.88. The summed E-state index contributed by atoms with van der Waals surface area (Å²) in [5, 5.41) is 3.42. The first kappa shape index (κ1) is 33.6. The number of amides is 1. The van der Waals surface area contributed by atoms with E-state index in [9.17, 15) is 18.8 Å². The maximum absolute atomic E-state index is 14.5. The normalized spacial score (nSPS) is 20.9. The Kier molecular flexibility index (Phi) is 9.91. The quantitative estimate of drug-likeness (QED) is 0.249. The second-order valence-electron chi connectivity index (χ2n) is 14.8. The Bertz CT molecular complexity index is 1120. The molecule has 1 unspecified atom stereocenters. The zero-order valence-electron chi connectivity index (χ0n) is 27.1. The van der Waals surface area contributed by atoms with E-state index in [-0.39, 0.29) is 17.7 Å². The molecule has 1 aromatic carbocycles. The zero-order valence-corrected chi connectivity index (χ0v) is 27.1. The van der Waals surface area contributed by atoms with Gasteiger partial charge in [-0.15, -0.1) is 0 Å². The summed E-state index contributed by atoms with van der Waals surface area (Å²) in [5.74, 6) is -3.34. The first-order chi connectivity index (χ1) is 19.2. The number of halogens is 1. The minimum Gasteiger partial charge on any atom is -0.459 e. The Morgan fingerprint density at radius 3 is 1.90 bits per heavy atom. The van der Waals surface area contributed by atoms with Crippen molar-refractivity contribution < 1.29 is 33.0 Å². The summed E-state index contributed by atoms with van der Waals surface area (Å²) in [7, 11) is 0. The van der Waals surface area contributed by atoms with Crippen LogP contribution in [0.3, 0.4) is 0 Å². The molecule has 236 valence electrons. The van der Waals surface area contributed by atoms with Gasteiger partial charge in [-0.25, -0.2) is 9.18 Å². The van der Waals surface area contributed by atoms with E-state index >= 15 is 0 Å². The molecule has 1 atom stereocenters. The van der Waals surface area contributed by atoms with Crippen LogP contribution in [0, 0.1) is 5.82 Å². The molecule has 1 aromatic rings. The van der Waals surface area contributed by atoms with Gasteiger partial charge in [-0.1, -0.05) is 6.07 Å². The van der Waals surface area contributed by atoms with Crippen molar-refractivity contribution in [3.63, 3.8) is 0 Å². The monoisotopic (exact) mass is 591 g/mol. The molecule has 0 aliphatic carbocycles. The maximum atomic E-state index is 14.5. The van der Waals surface area contributed by atoms with E-state index in [4.69, 9.17) is 14.2 Å². The number of nitrogens with zero attached hydrogens (tertiary/aromatic N) is 2. The topological polar surface area (TPSA) is 97.4 Å². The lowest BCUT2D eigenvalue weighted by atomic mass is 9.92. The molecule has 0 saturated carbocycles. The number of anilines is 1. The predicted octanol–water partition coefficient (Wildman–Crippen LogP) is 5.87. The highest BCUT2D eigenvalue weighted by atomic mass is 19.1. The average Bonchev–Trinajstić information content (AvgIpc) is 3.21. The van der Waals surface area contributed by atoms with Crippen LogP contribution in [0.4, 0.5) is 14.9 Å². The largest absolute Gasteiger partial charge is 0.459 e.